The molecule has 0 unspecified atom stereocenters. The maximum atomic E-state index is 11.9. The Morgan fingerprint density at radius 3 is 2.38 bits per heavy atom. The molecular weight excluding hydrogens is 260 g/mol. The van der Waals surface area contributed by atoms with Crippen molar-refractivity contribution in [1.29, 1.82) is 0 Å². The lowest BCUT2D eigenvalue weighted by atomic mass is 10.1. The minimum absolute atomic E-state index is 0.0463. The summed E-state index contributed by atoms with van der Waals surface area (Å²) in [5, 5.41) is 2.97. The van der Waals surface area contributed by atoms with Gasteiger partial charge >= 0.3 is 0 Å². The van der Waals surface area contributed by atoms with Crippen molar-refractivity contribution >= 4 is 5.91 Å². The number of nitrogens with one attached hydrogen (secondary N) is 1. The van der Waals surface area contributed by atoms with Gasteiger partial charge in [0.15, 0.2) is 0 Å². The van der Waals surface area contributed by atoms with E-state index in [9.17, 15) is 4.79 Å². The fourth-order valence-corrected chi connectivity index (χ4v) is 2.41. The molecule has 0 fully saturated rings. The van der Waals surface area contributed by atoms with Gasteiger partial charge in [-0.1, -0.05) is 35.4 Å². The molecule has 0 aliphatic heterocycles. The van der Waals surface area contributed by atoms with E-state index in [-0.39, 0.29) is 5.91 Å². The van der Waals surface area contributed by atoms with Crippen molar-refractivity contribution in [3.63, 3.8) is 0 Å². The third-order valence-electron chi connectivity index (χ3n) is 3.35. The summed E-state index contributed by atoms with van der Waals surface area (Å²) in [6.45, 7) is 6.80. The second kappa shape index (κ2) is 7.02. The Hall–Kier alpha value is -2.16. The monoisotopic (exact) mass is 282 g/mol. The molecule has 1 heterocycles. The van der Waals surface area contributed by atoms with Crippen molar-refractivity contribution in [3.8, 4) is 0 Å². The van der Waals surface area contributed by atoms with Crippen LogP contribution in [0.25, 0.3) is 0 Å². The summed E-state index contributed by atoms with van der Waals surface area (Å²) in [5.41, 5.74) is 5.72. The first-order valence-corrected chi connectivity index (χ1v) is 7.28. The second-order valence-corrected chi connectivity index (χ2v) is 5.58. The molecule has 0 atom stereocenters. The molecule has 3 nitrogen and oxygen atoms in total. The number of nitrogens with zero attached hydrogens (tertiary/aromatic N) is 1. The summed E-state index contributed by atoms with van der Waals surface area (Å²) < 4.78 is 0. The van der Waals surface area contributed by atoms with Gasteiger partial charge in [0.2, 0.25) is 5.91 Å². The molecule has 110 valence electrons. The smallest absolute Gasteiger partial charge is 0.224 e. The van der Waals surface area contributed by atoms with Crippen molar-refractivity contribution in [3.05, 3.63) is 64.5 Å². The number of pyridine rings is 1. The molecule has 0 bridgehead atoms. The average Bonchev–Trinajstić information content (AvgIpc) is 2.40. The molecule has 0 saturated heterocycles. The minimum atomic E-state index is 0.0463. The second-order valence-electron chi connectivity index (χ2n) is 5.58. The fraction of sp³-hybridized carbons (Fsp3) is 0.333. The molecule has 0 aliphatic rings. The van der Waals surface area contributed by atoms with E-state index in [1.807, 2.05) is 19.1 Å². The summed E-state index contributed by atoms with van der Waals surface area (Å²) >= 11 is 0. The number of rotatable bonds is 5. The van der Waals surface area contributed by atoms with Crippen molar-refractivity contribution < 1.29 is 4.79 Å². The summed E-state index contributed by atoms with van der Waals surface area (Å²) in [5.74, 6) is 0.0463. The highest BCUT2D eigenvalue weighted by molar-refractivity contribution is 5.78. The van der Waals surface area contributed by atoms with Gasteiger partial charge < -0.3 is 5.32 Å². The van der Waals surface area contributed by atoms with E-state index in [2.05, 4.69) is 42.3 Å². The molecule has 0 aliphatic carbocycles. The predicted molar refractivity (Wildman–Crippen MR) is 85.3 cm³/mol. The van der Waals surface area contributed by atoms with Crippen LogP contribution in [0, 0.1) is 20.8 Å². The van der Waals surface area contributed by atoms with E-state index in [1.165, 1.54) is 16.7 Å². The number of aryl methyl sites for hydroxylation is 3. The van der Waals surface area contributed by atoms with Crippen LogP contribution in [0.4, 0.5) is 0 Å². The molecule has 21 heavy (non-hydrogen) atoms. The zero-order chi connectivity index (χ0) is 15.2. The highest BCUT2D eigenvalue weighted by Crippen LogP contribution is 2.09. The third-order valence-corrected chi connectivity index (χ3v) is 3.35. The summed E-state index contributed by atoms with van der Waals surface area (Å²) in [4.78, 5) is 16.1. The minimum Gasteiger partial charge on any atom is -0.355 e. The number of hydrogen-bond donors (Lipinski definition) is 1. The van der Waals surface area contributed by atoms with E-state index in [0.29, 0.717) is 13.0 Å². The summed E-state index contributed by atoms with van der Waals surface area (Å²) in [6, 6.07) is 10.4. The number of hydrogen-bond acceptors (Lipinski definition) is 2. The molecule has 0 spiro atoms. The Morgan fingerprint density at radius 1 is 1.05 bits per heavy atom. The lowest BCUT2D eigenvalue weighted by molar-refractivity contribution is -0.120. The van der Waals surface area contributed by atoms with Crippen molar-refractivity contribution in [2.24, 2.45) is 0 Å². The van der Waals surface area contributed by atoms with Gasteiger partial charge in [-0.3, -0.25) is 9.78 Å². The number of aromatic nitrogens is 1. The van der Waals surface area contributed by atoms with Gasteiger partial charge in [0.1, 0.15) is 0 Å². The quantitative estimate of drug-likeness (QED) is 0.916. The lowest BCUT2D eigenvalue weighted by Gasteiger charge is -2.07. The van der Waals surface area contributed by atoms with Crippen LogP contribution in [0.3, 0.4) is 0 Å². The highest BCUT2D eigenvalue weighted by Gasteiger charge is 2.03. The van der Waals surface area contributed by atoms with Crippen molar-refractivity contribution in [2.75, 3.05) is 6.54 Å². The molecular formula is C18H22N2O. The Labute approximate surface area is 126 Å². The van der Waals surface area contributed by atoms with E-state index < -0.39 is 0 Å². The maximum absolute atomic E-state index is 11.9. The molecule has 1 amide bonds. The van der Waals surface area contributed by atoms with Gasteiger partial charge in [0, 0.05) is 18.4 Å². The van der Waals surface area contributed by atoms with Gasteiger partial charge in [0.25, 0.3) is 0 Å². The zero-order valence-corrected chi connectivity index (χ0v) is 12.9. The lowest BCUT2D eigenvalue weighted by Crippen LogP contribution is -2.27. The third kappa shape index (κ3) is 5.03. The van der Waals surface area contributed by atoms with Crippen LogP contribution < -0.4 is 5.32 Å². The zero-order valence-electron chi connectivity index (χ0n) is 12.9. The van der Waals surface area contributed by atoms with Crippen LogP contribution >= 0.6 is 0 Å². The standard InChI is InChI=1S/C18H22N2O/c1-13-8-14(2)10-16(9-13)6-7-19-18(21)11-17-5-4-15(3)20-12-17/h4-5,8-10,12H,6-7,11H2,1-3H3,(H,19,21). The molecule has 1 aromatic carbocycles. The van der Waals surface area contributed by atoms with E-state index in [1.54, 1.807) is 6.20 Å². The van der Waals surface area contributed by atoms with Crippen LogP contribution in [0.2, 0.25) is 0 Å². The highest BCUT2D eigenvalue weighted by atomic mass is 16.1. The first-order valence-electron chi connectivity index (χ1n) is 7.28. The van der Waals surface area contributed by atoms with Crippen LogP contribution in [0.5, 0.6) is 0 Å². The van der Waals surface area contributed by atoms with E-state index in [4.69, 9.17) is 0 Å². The molecule has 1 aromatic heterocycles. The summed E-state index contributed by atoms with van der Waals surface area (Å²) in [6.07, 6.45) is 3.01. The topological polar surface area (TPSA) is 42.0 Å². The van der Waals surface area contributed by atoms with Crippen LogP contribution in [-0.4, -0.2) is 17.4 Å². The van der Waals surface area contributed by atoms with Gasteiger partial charge in [-0.15, -0.1) is 0 Å². The largest absolute Gasteiger partial charge is 0.355 e. The number of carbonyl (C=O) groups is 1. The van der Waals surface area contributed by atoms with Crippen LogP contribution in [0.1, 0.15) is 27.9 Å². The molecule has 0 saturated carbocycles. The van der Waals surface area contributed by atoms with E-state index in [0.717, 1.165) is 17.7 Å². The first-order chi connectivity index (χ1) is 10.0. The number of amides is 1. The Balaban J connectivity index is 1.80. The predicted octanol–water partition coefficient (Wildman–Crippen LogP) is 2.91. The maximum Gasteiger partial charge on any atom is 0.224 e. The average molecular weight is 282 g/mol. The van der Waals surface area contributed by atoms with Gasteiger partial charge in [-0.2, -0.15) is 0 Å². The molecule has 1 N–H and O–H groups in total. The Bertz CT molecular complexity index is 597. The van der Waals surface area contributed by atoms with E-state index >= 15 is 0 Å². The van der Waals surface area contributed by atoms with Crippen LogP contribution in [0.15, 0.2) is 36.5 Å². The Kier molecular flexibility index (Phi) is 5.09. The molecule has 3 heteroatoms. The number of benzene rings is 1. The molecule has 2 rings (SSSR count). The molecule has 2 aromatic rings. The van der Waals surface area contributed by atoms with Crippen molar-refractivity contribution in [2.45, 2.75) is 33.6 Å². The van der Waals surface area contributed by atoms with Gasteiger partial charge in [0.05, 0.1) is 6.42 Å². The van der Waals surface area contributed by atoms with Gasteiger partial charge in [-0.25, -0.2) is 0 Å². The van der Waals surface area contributed by atoms with Gasteiger partial charge in [-0.05, 0) is 44.4 Å². The van der Waals surface area contributed by atoms with Crippen molar-refractivity contribution in [1.82, 2.24) is 10.3 Å². The number of carbonyl (C=O) groups excluding carboxylic acids is 1. The Morgan fingerprint density at radius 2 is 1.76 bits per heavy atom. The SMILES string of the molecule is Cc1cc(C)cc(CCNC(=O)Cc2ccc(C)nc2)c1. The normalized spacial score (nSPS) is 10.4. The fourth-order valence-electron chi connectivity index (χ4n) is 2.41. The first kappa shape index (κ1) is 15.2. The molecule has 0 radical (unpaired) electrons. The summed E-state index contributed by atoms with van der Waals surface area (Å²) in [7, 11) is 0. The van der Waals surface area contributed by atoms with Crippen LogP contribution in [-0.2, 0) is 17.6 Å².